The quantitative estimate of drug-likeness (QED) is 0.423. The lowest BCUT2D eigenvalue weighted by atomic mass is 10.1. The van der Waals surface area contributed by atoms with Crippen molar-refractivity contribution in [1.29, 1.82) is 0 Å². The van der Waals surface area contributed by atoms with Gasteiger partial charge in [-0.05, 0) is 12.8 Å². The summed E-state index contributed by atoms with van der Waals surface area (Å²) in [5, 5.41) is 3.47. The molecular formula is C18H39ClN2. The molecule has 0 aromatic heterocycles. The SMILES string of the molecule is CCCCCCCCCCCCC[N+]1(C)CCNCC1.[Cl-]. The first kappa shape index (κ1) is 21.2. The highest BCUT2D eigenvalue weighted by Crippen LogP contribution is 2.13. The fraction of sp³-hybridized carbons (Fsp3) is 1.00. The molecule has 1 aliphatic rings. The van der Waals surface area contributed by atoms with Gasteiger partial charge in [-0.15, -0.1) is 0 Å². The van der Waals surface area contributed by atoms with Gasteiger partial charge in [-0.25, -0.2) is 0 Å². The highest BCUT2D eigenvalue weighted by Gasteiger charge is 2.23. The highest BCUT2D eigenvalue weighted by atomic mass is 35.5. The van der Waals surface area contributed by atoms with Crippen molar-refractivity contribution >= 4 is 0 Å². The Morgan fingerprint density at radius 2 is 1.14 bits per heavy atom. The van der Waals surface area contributed by atoms with Crippen LogP contribution in [0.25, 0.3) is 0 Å². The van der Waals surface area contributed by atoms with Crippen LogP contribution < -0.4 is 17.7 Å². The van der Waals surface area contributed by atoms with Crippen molar-refractivity contribution in [2.45, 2.75) is 77.6 Å². The number of hydrogen-bond donors (Lipinski definition) is 1. The molecule has 2 nitrogen and oxygen atoms in total. The van der Waals surface area contributed by atoms with E-state index in [0.29, 0.717) is 0 Å². The summed E-state index contributed by atoms with van der Waals surface area (Å²) in [7, 11) is 2.44. The molecule has 0 unspecified atom stereocenters. The van der Waals surface area contributed by atoms with Crippen molar-refractivity contribution < 1.29 is 16.9 Å². The van der Waals surface area contributed by atoms with E-state index < -0.39 is 0 Å². The van der Waals surface area contributed by atoms with Gasteiger partial charge in [0.1, 0.15) is 0 Å². The van der Waals surface area contributed by atoms with Gasteiger partial charge in [0.25, 0.3) is 0 Å². The van der Waals surface area contributed by atoms with E-state index in [1.165, 1.54) is 108 Å². The van der Waals surface area contributed by atoms with Gasteiger partial charge in [-0.3, -0.25) is 0 Å². The fourth-order valence-electron chi connectivity index (χ4n) is 3.32. The number of quaternary nitrogens is 1. The van der Waals surface area contributed by atoms with Crippen LogP contribution in [0.2, 0.25) is 0 Å². The van der Waals surface area contributed by atoms with E-state index in [1.807, 2.05) is 0 Å². The Balaban J connectivity index is 0.00000400. The molecule has 128 valence electrons. The van der Waals surface area contributed by atoms with Gasteiger partial charge in [-0.2, -0.15) is 0 Å². The van der Waals surface area contributed by atoms with Crippen LogP contribution in [-0.4, -0.2) is 44.3 Å². The molecule has 0 radical (unpaired) electrons. The van der Waals surface area contributed by atoms with Crippen LogP contribution >= 0.6 is 0 Å². The predicted molar refractivity (Wildman–Crippen MR) is 90.1 cm³/mol. The second-order valence-corrected chi connectivity index (χ2v) is 7.08. The van der Waals surface area contributed by atoms with E-state index in [4.69, 9.17) is 0 Å². The van der Waals surface area contributed by atoms with Gasteiger partial charge in [-0.1, -0.05) is 64.7 Å². The minimum atomic E-state index is 0. The lowest BCUT2D eigenvalue weighted by Gasteiger charge is -2.38. The predicted octanol–water partition coefficient (Wildman–Crippen LogP) is 1.35. The van der Waals surface area contributed by atoms with E-state index >= 15 is 0 Å². The Bertz CT molecular complexity index is 215. The number of likely N-dealkylation sites (N-methyl/N-ethyl adjacent to an activating group) is 1. The second kappa shape index (κ2) is 13.8. The molecule has 0 aromatic carbocycles. The number of nitrogens with zero attached hydrogens (tertiary/aromatic N) is 1. The first-order chi connectivity index (χ1) is 9.77. The average molecular weight is 319 g/mol. The Morgan fingerprint density at radius 1 is 0.714 bits per heavy atom. The standard InChI is InChI=1S/C18H39N2.ClH/c1-3-4-5-6-7-8-9-10-11-12-13-16-20(2)17-14-19-15-18-20;/h19H,3-18H2,1-2H3;1H/q+1;/p-1. The number of unbranched alkanes of at least 4 members (excludes halogenated alkanes) is 10. The third kappa shape index (κ3) is 11.4. The molecule has 0 atom stereocenters. The molecule has 1 aliphatic heterocycles. The van der Waals surface area contributed by atoms with Crippen LogP contribution in [0.15, 0.2) is 0 Å². The van der Waals surface area contributed by atoms with Gasteiger partial charge >= 0.3 is 0 Å². The normalized spacial score (nSPS) is 17.4. The summed E-state index contributed by atoms with van der Waals surface area (Å²) in [6.45, 7) is 8.79. The average Bonchev–Trinajstić information content (AvgIpc) is 2.45. The molecule has 0 aliphatic carbocycles. The third-order valence-electron chi connectivity index (χ3n) is 4.96. The zero-order chi connectivity index (χ0) is 14.5. The Kier molecular flexibility index (Phi) is 14.0. The molecular weight excluding hydrogens is 280 g/mol. The molecule has 0 spiro atoms. The molecule has 1 saturated heterocycles. The molecule has 0 aromatic rings. The zero-order valence-electron chi connectivity index (χ0n) is 14.6. The van der Waals surface area contributed by atoms with Gasteiger partial charge in [0.15, 0.2) is 0 Å². The molecule has 1 rings (SSSR count). The summed E-state index contributed by atoms with van der Waals surface area (Å²) >= 11 is 0. The van der Waals surface area contributed by atoms with Crippen LogP contribution in [0.4, 0.5) is 0 Å². The highest BCUT2D eigenvalue weighted by molar-refractivity contribution is 4.56. The van der Waals surface area contributed by atoms with Crippen LogP contribution in [0.3, 0.4) is 0 Å². The van der Waals surface area contributed by atoms with E-state index in [-0.39, 0.29) is 12.4 Å². The van der Waals surface area contributed by atoms with Crippen LogP contribution in [0.1, 0.15) is 77.6 Å². The molecule has 0 amide bonds. The Hall–Kier alpha value is 0.210. The zero-order valence-corrected chi connectivity index (χ0v) is 15.4. The third-order valence-corrected chi connectivity index (χ3v) is 4.96. The van der Waals surface area contributed by atoms with Gasteiger partial charge in [0.05, 0.1) is 26.7 Å². The lowest BCUT2D eigenvalue weighted by molar-refractivity contribution is -0.911. The number of nitrogens with one attached hydrogen (secondary N) is 1. The number of rotatable bonds is 12. The maximum absolute atomic E-state index is 3.47. The summed E-state index contributed by atoms with van der Waals surface area (Å²) in [5.41, 5.74) is 0. The lowest BCUT2D eigenvalue weighted by Crippen LogP contribution is -3.00. The summed E-state index contributed by atoms with van der Waals surface area (Å²) in [5.74, 6) is 0. The van der Waals surface area contributed by atoms with E-state index in [9.17, 15) is 0 Å². The smallest absolute Gasteiger partial charge is 0.0911 e. The molecule has 1 heterocycles. The van der Waals surface area contributed by atoms with Crippen molar-refractivity contribution in [1.82, 2.24) is 5.32 Å². The number of hydrogen-bond acceptors (Lipinski definition) is 1. The Morgan fingerprint density at radius 3 is 1.62 bits per heavy atom. The molecule has 1 fully saturated rings. The molecule has 21 heavy (non-hydrogen) atoms. The van der Waals surface area contributed by atoms with Gasteiger partial charge in [0.2, 0.25) is 0 Å². The van der Waals surface area contributed by atoms with Crippen molar-refractivity contribution in [2.24, 2.45) is 0 Å². The topological polar surface area (TPSA) is 12.0 Å². The number of piperazine rings is 1. The van der Waals surface area contributed by atoms with Crippen LogP contribution in [0.5, 0.6) is 0 Å². The Labute approximate surface area is 140 Å². The summed E-state index contributed by atoms with van der Waals surface area (Å²) in [6.07, 6.45) is 16.0. The summed E-state index contributed by atoms with van der Waals surface area (Å²) in [6, 6.07) is 0. The van der Waals surface area contributed by atoms with Crippen LogP contribution in [0, 0.1) is 0 Å². The van der Waals surface area contributed by atoms with Crippen LogP contribution in [-0.2, 0) is 0 Å². The molecule has 3 heteroatoms. The molecule has 0 bridgehead atoms. The van der Waals surface area contributed by atoms with E-state index in [1.54, 1.807) is 0 Å². The fourth-order valence-corrected chi connectivity index (χ4v) is 3.32. The molecule has 0 saturated carbocycles. The minimum absolute atomic E-state index is 0. The van der Waals surface area contributed by atoms with Crippen molar-refractivity contribution in [3.63, 3.8) is 0 Å². The molecule has 1 N–H and O–H groups in total. The first-order valence-electron chi connectivity index (χ1n) is 9.31. The summed E-state index contributed by atoms with van der Waals surface area (Å²) in [4.78, 5) is 0. The van der Waals surface area contributed by atoms with Crippen molar-refractivity contribution in [2.75, 3.05) is 39.8 Å². The largest absolute Gasteiger partial charge is 1.00 e. The monoisotopic (exact) mass is 318 g/mol. The van der Waals surface area contributed by atoms with E-state index in [0.717, 1.165) is 0 Å². The van der Waals surface area contributed by atoms with Crippen molar-refractivity contribution in [3.05, 3.63) is 0 Å². The second-order valence-electron chi connectivity index (χ2n) is 7.08. The maximum Gasteiger partial charge on any atom is 0.0911 e. The maximum atomic E-state index is 3.47. The minimum Gasteiger partial charge on any atom is -1.00 e. The van der Waals surface area contributed by atoms with Crippen molar-refractivity contribution in [3.8, 4) is 0 Å². The van der Waals surface area contributed by atoms with Gasteiger partial charge < -0.3 is 22.2 Å². The van der Waals surface area contributed by atoms with Gasteiger partial charge in [0, 0.05) is 13.1 Å². The summed E-state index contributed by atoms with van der Waals surface area (Å²) < 4.78 is 1.31. The number of halogens is 1. The first-order valence-corrected chi connectivity index (χ1v) is 9.31. The van der Waals surface area contributed by atoms with E-state index in [2.05, 4.69) is 19.3 Å².